The van der Waals surface area contributed by atoms with Crippen LogP contribution in [0.1, 0.15) is 30.6 Å². The third-order valence-electron chi connectivity index (χ3n) is 3.33. The molecule has 0 saturated heterocycles. The molecule has 0 fully saturated rings. The van der Waals surface area contributed by atoms with Crippen LogP contribution in [0, 0.1) is 5.41 Å². The second-order valence-corrected chi connectivity index (χ2v) is 5.29. The molecule has 0 aliphatic heterocycles. The molecule has 2 N–H and O–H groups in total. The largest absolute Gasteiger partial charge is 0.465 e. The Bertz CT molecular complexity index is 444. The van der Waals surface area contributed by atoms with Gasteiger partial charge in [-0.15, -0.1) is 0 Å². The quantitative estimate of drug-likeness (QED) is 0.789. The third-order valence-corrected chi connectivity index (χ3v) is 3.56. The molecule has 106 valence electrons. The van der Waals surface area contributed by atoms with E-state index in [4.69, 9.17) is 16.3 Å². The first-order chi connectivity index (χ1) is 8.95. The minimum Gasteiger partial charge on any atom is -0.465 e. The minimum atomic E-state index is -0.438. The van der Waals surface area contributed by atoms with E-state index in [1.807, 2.05) is 13.8 Å². The van der Waals surface area contributed by atoms with Crippen molar-refractivity contribution in [2.45, 2.75) is 20.3 Å². The van der Waals surface area contributed by atoms with Crippen molar-refractivity contribution in [3.63, 3.8) is 0 Å². The van der Waals surface area contributed by atoms with Crippen LogP contribution < -0.4 is 5.32 Å². The number of aliphatic hydroxyl groups is 1. The van der Waals surface area contributed by atoms with Gasteiger partial charge in [0.2, 0.25) is 0 Å². The van der Waals surface area contributed by atoms with E-state index >= 15 is 0 Å². The van der Waals surface area contributed by atoms with Crippen LogP contribution in [0.3, 0.4) is 0 Å². The summed E-state index contributed by atoms with van der Waals surface area (Å²) in [5.41, 5.74) is 0.822. The summed E-state index contributed by atoms with van der Waals surface area (Å²) in [6.45, 7) is 4.64. The lowest BCUT2D eigenvalue weighted by molar-refractivity contribution is 0.0601. The van der Waals surface area contributed by atoms with E-state index in [0.29, 0.717) is 22.8 Å². The number of halogens is 1. The van der Waals surface area contributed by atoms with Gasteiger partial charge in [-0.3, -0.25) is 0 Å². The van der Waals surface area contributed by atoms with Crippen molar-refractivity contribution in [2.75, 3.05) is 25.6 Å². The Kier molecular flexibility index (Phi) is 5.63. The van der Waals surface area contributed by atoms with Gasteiger partial charge in [-0.1, -0.05) is 25.4 Å². The normalized spacial score (nSPS) is 13.7. The number of hydrogen-bond acceptors (Lipinski definition) is 4. The zero-order chi connectivity index (χ0) is 14.5. The molecule has 0 bridgehead atoms. The van der Waals surface area contributed by atoms with Crippen molar-refractivity contribution in [3.8, 4) is 0 Å². The summed E-state index contributed by atoms with van der Waals surface area (Å²) in [6, 6.07) is 5.01. The number of rotatable bonds is 6. The van der Waals surface area contributed by atoms with E-state index < -0.39 is 5.97 Å². The third kappa shape index (κ3) is 4.11. The van der Waals surface area contributed by atoms with Crippen LogP contribution in [0.15, 0.2) is 18.2 Å². The number of esters is 1. The molecule has 0 aliphatic carbocycles. The van der Waals surface area contributed by atoms with Gasteiger partial charge in [0.15, 0.2) is 0 Å². The number of nitrogens with one attached hydrogen (secondary N) is 1. The van der Waals surface area contributed by atoms with E-state index in [9.17, 15) is 9.90 Å². The number of benzene rings is 1. The van der Waals surface area contributed by atoms with Crippen molar-refractivity contribution < 1.29 is 14.6 Å². The molecule has 1 atom stereocenters. The zero-order valence-electron chi connectivity index (χ0n) is 11.5. The van der Waals surface area contributed by atoms with Gasteiger partial charge in [0, 0.05) is 22.7 Å². The molecule has 1 unspecified atom stereocenters. The Hall–Kier alpha value is -1.26. The van der Waals surface area contributed by atoms with Gasteiger partial charge in [0.05, 0.1) is 19.3 Å². The van der Waals surface area contributed by atoms with Gasteiger partial charge in [-0.05, 0) is 24.6 Å². The first kappa shape index (κ1) is 15.8. The first-order valence-corrected chi connectivity index (χ1v) is 6.56. The molecular formula is C14H20ClNO3. The SMILES string of the molecule is CCC(C)(CO)CNc1ccc(Cl)cc1C(=O)OC. The van der Waals surface area contributed by atoms with E-state index in [2.05, 4.69) is 5.32 Å². The predicted molar refractivity (Wildman–Crippen MR) is 76.8 cm³/mol. The van der Waals surface area contributed by atoms with E-state index in [0.717, 1.165) is 6.42 Å². The highest BCUT2D eigenvalue weighted by molar-refractivity contribution is 6.31. The predicted octanol–water partition coefficient (Wildman–Crippen LogP) is 2.95. The molecule has 5 heteroatoms. The summed E-state index contributed by atoms with van der Waals surface area (Å²) in [4.78, 5) is 11.7. The highest BCUT2D eigenvalue weighted by atomic mass is 35.5. The summed E-state index contributed by atoms with van der Waals surface area (Å²) < 4.78 is 4.73. The number of ether oxygens (including phenoxy) is 1. The van der Waals surface area contributed by atoms with Crippen molar-refractivity contribution in [1.29, 1.82) is 0 Å². The van der Waals surface area contributed by atoms with Crippen LogP contribution in [0.4, 0.5) is 5.69 Å². The molecule has 1 aromatic rings. The van der Waals surface area contributed by atoms with Crippen LogP contribution in [0.2, 0.25) is 5.02 Å². The van der Waals surface area contributed by atoms with E-state index in [1.165, 1.54) is 7.11 Å². The number of carbonyl (C=O) groups is 1. The van der Waals surface area contributed by atoms with Crippen molar-refractivity contribution in [2.24, 2.45) is 5.41 Å². The van der Waals surface area contributed by atoms with Gasteiger partial charge in [0.25, 0.3) is 0 Å². The van der Waals surface area contributed by atoms with Crippen LogP contribution in [-0.2, 0) is 4.74 Å². The number of carbonyl (C=O) groups excluding carboxylic acids is 1. The molecule has 0 aromatic heterocycles. The second kappa shape index (κ2) is 6.78. The first-order valence-electron chi connectivity index (χ1n) is 6.18. The Morgan fingerprint density at radius 3 is 2.74 bits per heavy atom. The van der Waals surface area contributed by atoms with E-state index in [-0.39, 0.29) is 12.0 Å². The van der Waals surface area contributed by atoms with Crippen molar-refractivity contribution in [1.82, 2.24) is 0 Å². The highest BCUT2D eigenvalue weighted by Gasteiger charge is 2.22. The Morgan fingerprint density at radius 2 is 2.21 bits per heavy atom. The molecule has 1 aromatic carbocycles. The topological polar surface area (TPSA) is 58.6 Å². The highest BCUT2D eigenvalue weighted by Crippen LogP contribution is 2.25. The van der Waals surface area contributed by atoms with Crippen LogP contribution in [0.25, 0.3) is 0 Å². The Labute approximate surface area is 118 Å². The maximum absolute atomic E-state index is 11.7. The minimum absolute atomic E-state index is 0.0810. The molecule has 0 heterocycles. The molecule has 0 spiro atoms. The van der Waals surface area contributed by atoms with Gasteiger partial charge in [-0.2, -0.15) is 0 Å². The molecule has 0 radical (unpaired) electrons. The van der Waals surface area contributed by atoms with Crippen LogP contribution in [0.5, 0.6) is 0 Å². The molecule has 19 heavy (non-hydrogen) atoms. The summed E-state index contributed by atoms with van der Waals surface area (Å²) in [6.07, 6.45) is 0.831. The summed E-state index contributed by atoms with van der Waals surface area (Å²) in [7, 11) is 1.33. The van der Waals surface area contributed by atoms with Gasteiger partial charge in [-0.25, -0.2) is 4.79 Å². The van der Waals surface area contributed by atoms with E-state index in [1.54, 1.807) is 18.2 Å². The molecule has 1 rings (SSSR count). The lowest BCUT2D eigenvalue weighted by atomic mass is 9.88. The smallest absolute Gasteiger partial charge is 0.340 e. The number of methoxy groups -OCH3 is 1. The van der Waals surface area contributed by atoms with Crippen molar-refractivity contribution in [3.05, 3.63) is 28.8 Å². The van der Waals surface area contributed by atoms with Crippen molar-refractivity contribution >= 4 is 23.3 Å². The molecule has 0 amide bonds. The lowest BCUT2D eigenvalue weighted by Crippen LogP contribution is -2.30. The molecule has 0 aliphatic rings. The average molecular weight is 286 g/mol. The fourth-order valence-corrected chi connectivity index (χ4v) is 1.72. The van der Waals surface area contributed by atoms with Crippen LogP contribution >= 0.6 is 11.6 Å². The fourth-order valence-electron chi connectivity index (χ4n) is 1.55. The van der Waals surface area contributed by atoms with Gasteiger partial charge in [0.1, 0.15) is 0 Å². The Morgan fingerprint density at radius 1 is 1.53 bits per heavy atom. The standard InChI is InChI=1S/C14H20ClNO3/c1-4-14(2,9-17)8-16-12-6-5-10(15)7-11(12)13(18)19-3/h5-7,16-17H,4,8-9H2,1-3H3. The number of anilines is 1. The maximum Gasteiger partial charge on any atom is 0.340 e. The van der Waals surface area contributed by atoms with Crippen LogP contribution in [-0.4, -0.2) is 31.3 Å². The Balaban J connectivity index is 2.92. The second-order valence-electron chi connectivity index (χ2n) is 4.86. The molecule has 4 nitrogen and oxygen atoms in total. The molecular weight excluding hydrogens is 266 g/mol. The summed E-state index contributed by atoms with van der Waals surface area (Å²) in [5.74, 6) is -0.438. The maximum atomic E-state index is 11.7. The summed E-state index contributed by atoms with van der Waals surface area (Å²) in [5, 5.41) is 13.0. The zero-order valence-corrected chi connectivity index (χ0v) is 12.3. The van der Waals surface area contributed by atoms with Gasteiger partial charge >= 0.3 is 5.97 Å². The molecule has 0 saturated carbocycles. The van der Waals surface area contributed by atoms with Gasteiger partial charge < -0.3 is 15.2 Å². The summed E-state index contributed by atoms with van der Waals surface area (Å²) >= 11 is 5.89. The lowest BCUT2D eigenvalue weighted by Gasteiger charge is -2.26. The fraction of sp³-hybridized carbons (Fsp3) is 0.500. The number of hydrogen-bond donors (Lipinski definition) is 2. The number of aliphatic hydroxyl groups excluding tert-OH is 1. The monoisotopic (exact) mass is 285 g/mol. The average Bonchev–Trinajstić information content (AvgIpc) is 2.44.